The monoisotopic (exact) mass is 361 g/mol. The number of fused-ring (bicyclic) bond motifs is 2. The summed E-state index contributed by atoms with van der Waals surface area (Å²) in [5.74, 6) is 1.96. The average molecular weight is 361 g/mol. The first-order chi connectivity index (χ1) is 13.2. The minimum atomic E-state index is 0.614. The predicted octanol–water partition coefficient (Wildman–Crippen LogP) is 4.95. The van der Waals surface area contributed by atoms with Gasteiger partial charge in [0.05, 0.1) is 21.3 Å². The normalized spacial score (nSPS) is 12.2. The van der Waals surface area contributed by atoms with E-state index in [4.69, 9.17) is 14.2 Å². The van der Waals surface area contributed by atoms with Crippen molar-refractivity contribution < 1.29 is 14.2 Å². The second-order valence-corrected chi connectivity index (χ2v) is 6.55. The van der Waals surface area contributed by atoms with Crippen molar-refractivity contribution in [3.63, 3.8) is 0 Å². The smallest absolute Gasteiger partial charge is 0.203 e. The van der Waals surface area contributed by atoms with Crippen LogP contribution in [0.1, 0.15) is 16.7 Å². The maximum atomic E-state index is 5.52. The van der Waals surface area contributed by atoms with Crippen LogP contribution in [0.2, 0.25) is 0 Å². The van der Waals surface area contributed by atoms with Gasteiger partial charge in [-0.25, -0.2) is 0 Å². The van der Waals surface area contributed by atoms with Gasteiger partial charge in [-0.1, -0.05) is 36.4 Å². The molecule has 0 N–H and O–H groups in total. The number of para-hydroxylation sites is 2. The van der Waals surface area contributed by atoms with Crippen molar-refractivity contribution in [2.45, 2.75) is 13.0 Å². The minimum absolute atomic E-state index is 0.614. The zero-order valence-electron chi connectivity index (χ0n) is 15.9. The lowest BCUT2D eigenvalue weighted by atomic mass is 9.95. The second kappa shape index (κ2) is 7.23. The second-order valence-electron chi connectivity index (χ2n) is 6.55. The number of rotatable bonds is 5. The van der Waals surface area contributed by atoms with Gasteiger partial charge in [-0.3, -0.25) is 0 Å². The molecule has 27 heavy (non-hydrogen) atoms. The summed E-state index contributed by atoms with van der Waals surface area (Å²) in [6.07, 6.45) is 0.956. The quantitative estimate of drug-likeness (QED) is 0.643. The van der Waals surface area contributed by atoms with E-state index in [2.05, 4.69) is 53.4 Å². The Labute approximate surface area is 159 Å². The maximum absolute atomic E-state index is 5.52. The fourth-order valence-electron chi connectivity index (χ4n) is 3.76. The lowest BCUT2D eigenvalue weighted by Crippen LogP contribution is -2.23. The van der Waals surface area contributed by atoms with Crippen molar-refractivity contribution in [3.8, 4) is 17.2 Å². The molecular formula is C23H23NO3. The van der Waals surface area contributed by atoms with E-state index in [-0.39, 0.29) is 0 Å². The van der Waals surface area contributed by atoms with Crippen LogP contribution in [0.5, 0.6) is 17.2 Å². The zero-order chi connectivity index (χ0) is 18.8. The minimum Gasteiger partial charge on any atom is -0.493 e. The SMILES string of the molecule is COc1cc(CN2c3ccccc3Cc3ccccc32)cc(OC)c1OC. The number of nitrogens with zero attached hydrogens (tertiary/aromatic N) is 1. The summed E-state index contributed by atoms with van der Waals surface area (Å²) in [4.78, 5) is 2.36. The molecule has 1 aliphatic heterocycles. The Morgan fingerprint density at radius 1 is 0.741 bits per heavy atom. The Hall–Kier alpha value is -3.14. The summed E-state index contributed by atoms with van der Waals surface area (Å²) in [6, 6.07) is 21.2. The largest absolute Gasteiger partial charge is 0.493 e. The zero-order valence-corrected chi connectivity index (χ0v) is 15.9. The molecule has 0 amide bonds. The topological polar surface area (TPSA) is 30.9 Å². The summed E-state index contributed by atoms with van der Waals surface area (Å²) >= 11 is 0. The first-order valence-corrected chi connectivity index (χ1v) is 8.97. The number of hydrogen-bond donors (Lipinski definition) is 0. The van der Waals surface area contributed by atoms with Gasteiger partial charge >= 0.3 is 0 Å². The van der Waals surface area contributed by atoms with Gasteiger partial charge in [-0.05, 0) is 41.0 Å². The van der Waals surface area contributed by atoms with Gasteiger partial charge in [0, 0.05) is 24.3 Å². The molecule has 0 saturated carbocycles. The molecule has 0 spiro atoms. The Kier molecular flexibility index (Phi) is 4.63. The van der Waals surface area contributed by atoms with Crippen LogP contribution in [-0.4, -0.2) is 21.3 Å². The van der Waals surface area contributed by atoms with Gasteiger partial charge in [0.2, 0.25) is 5.75 Å². The van der Waals surface area contributed by atoms with Gasteiger partial charge in [-0.15, -0.1) is 0 Å². The van der Waals surface area contributed by atoms with E-state index >= 15 is 0 Å². The van der Waals surface area contributed by atoms with Gasteiger partial charge in [0.25, 0.3) is 0 Å². The Morgan fingerprint density at radius 2 is 1.26 bits per heavy atom. The van der Waals surface area contributed by atoms with Crippen molar-refractivity contribution in [1.29, 1.82) is 0 Å². The lowest BCUT2D eigenvalue weighted by Gasteiger charge is -2.33. The van der Waals surface area contributed by atoms with E-state index in [0.717, 1.165) is 12.0 Å². The van der Waals surface area contributed by atoms with Gasteiger partial charge in [-0.2, -0.15) is 0 Å². The Morgan fingerprint density at radius 3 is 1.74 bits per heavy atom. The number of ether oxygens (including phenoxy) is 3. The van der Waals surface area contributed by atoms with Crippen LogP contribution in [0, 0.1) is 0 Å². The lowest BCUT2D eigenvalue weighted by molar-refractivity contribution is 0.324. The van der Waals surface area contributed by atoms with E-state index < -0.39 is 0 Å². The summed E-state index contributed by atoms with van der Waals surface area (Å²) in [6.45, 7) is 0.713. The van der Waals surface area contributed by atoms with Crippen molar-refractivity contribution in [2.24, 2.45) is 0 Å². The van der Waals surface area contributed by atoms with Gasteiger partial charge in [0.15, 0.2) is 11.5 Å². The van der Waals surface area contributed by atoms with E-state index in [1.165, 1.54) is 22.5 Å². The highest BCUT2D eigenvalue weighted by molar-refractivity contribution is 5.74. The van der Waals surface area contributed by atoms with Crippen molar-refractivity contribution in [1.82, 2.24) is 0 Å². The van der Waals surface area contributed by atoms with Crippen LogP contribution in [0.15, 0.2) is 60.7 Å². The van der Waals surface area contributed by atoms with Crippen molar-refractivity contribution >= 4 is 11.4 Å². The molecular weight excluding hydrogens is 338 g/mol. The van der Waals surface area contributed by atoms with Gasteiger partial charge in [0.1, 0.15) is 0 Å². The molecule has 138 valence electrons. The van der Waals surface area contributed by atoms with E-state index in [0.29, 0.717) is 23.8 Å². The fourth-order valence-corrected chi connectivity index (χ4v) is 3.76. The molecule has 0 aromatic heterocycles. The number of benzene rings is 3. The van der Waals surface area contributed by atoms with Crippen LogP contribution < -0.4 is 19.1 Å². The molecule has 0 atom stereocenters. The molecule has 4 heteroatoms. The molecule has 0 fully saturated rings. The fraction of sp³-hybridized carbons (Fsp3) is 0.217. The predicted molar refractivity (Wildman–Crippen MR) is 108 cm³/mol. The first kappa shape index (κ1) is 17.3. The van der Waals surface area contributed by atoms with E-state index in [1.807, 2.05) is 12.1 Å². The highest BCUT2D eigenvalue weighted by atomic mass is 16.5. The molecule has 0 saturated heterocycles. The summed E-state index contributed by atoms with van der Waals surface area (Å²) in [5.41, 5.74) is 6.25. The van der Waals surface area contributed by atoms with E-state index in [9.17, 15) is 0 Å². The van der Waals surface area contributed by atoms with Crippen molar-refractivity contribution in [3.05, 3.63) is 77.4 Å². The Bertz CT molecular complexity index is 897. The summed E-state index contributed by atoms with van der Waals surface area (Å²) < 4.78 is 16.5. The number of methoxy groups -OCH3 is 3. The Balaban J connectivity index is 1.79. The van der Waals surface area contributed by atoms with Crippen LogP contribution >= 0.6 is 0 Å². The van der Waals surface area contributed by atoms with Gasteiger partial charge < -0.3 is 19.1 Å². The third kappa shape index (κ3) is 3.08. The van der Waals surface area contributed by atoms with Crippen LogP contribution in [0.3, 0.4) is 0 Å². The third-order valence-corrected chi connectivity index (χ3v) is 5.01. The molecule has 0 bridgehead atoms. The highest BCUT2D eigenvalue weighted by Gasteiger charge is 2.23. The maximum Gasteiger partial charge on any atom is 0.203 e. The van der Waals surface area contributed by atoms with Crippen molar-refractivity contribution in [2.75, 3.05) is 26.2 Å². The molecule has 0 aliphatic carbocycles. The molecule has 4 nitrogen and oxygen atoms in total. The van der Waals surface area contributed by atoms with Crippen LogP contribution in [0.25, 0.3) is 0 Å². The molecule has 1 aliphatic rings. The standard InChI is InChI=1S/C23H23NO3/c1-25-21-12-16(13-22(26-2)23(21)27-3)15-24-19-10-6-4-8-17(19)14-18-9-5-7-11-20(18)24/h4-13H,14-15H2,1-3H3. The van der Waals surface area contributed by atoms with E-state index in [1.54, 1.807) is 21.3 Å². The molecule has 0 radical (unpaired) electrons. The molecule has 1 heterocycles. The summed E-state index contributed by atoms with van der Waals surface area (Å²) in [5, 5.41) is 0. The third-order valence-electron chi connectivity index (χ3n) is 5.01. The van der Waals surface area contributed by atoms with Crippen LogP contribution in [0.4, 0.5) is 11.4 Å². The number of hydrogen-bond acceptors (Lipinski definition) is 4. The molecule has 3 aromatic rings. The summed E-state index contributed by atoms with van der Waals surface area (Å²) in [7, 11) is 4.91. The molecule has 0 unspecified atom stereocenters. The highest BCUT2D eigenvalue weighted by Crippen LogP contribution is 2.42. The first-order valence-electron chi connectivity index (χ1n) is 8.97. The van der Waals surface area contributed by atoms with Crippen LogP contribution in [-0.2, 0) is 13.0 Å². The average Bonchev–Trinajstić information content (AvgIpc) is 2.72. The molecule has 4 rings (SSSR count). The number of anilines is 2. The molecule has 3 aromatic carbocycles.